The van der Waals surface area contributed by atoms with E-state index in [1.165, 1.54) is 6.54 Å². The lowest BCUT2D eigenvalue weighted by molar-refractivity contribution is 0.0785. The highest BCUT2D eigenvalue weighted by atomic mass is 16.5. The number of ether oxygens (including phenoxy) is 1. The van der Waals surface area contributed by atoms with Crippen molar-refractivity contribution in [2.75, 3.05) is 39.9 Å². The Hall–Kier alpha value is -0.120. The minimum atomic E-state index is 0.253. The lowest BCUT2D eigenvalue weighted by Crippen LogP contribution is -2.50. The Morgan fingerprint density at radius 2 is 2.21 bits per heavy atom. The lowest BCUT2D eigenvalue weighted by atomic mass is 10.0. The third-order valence-electron chi connectivity index (χ3n) is 3.00. The zero-order chi connectivity index (χ0) is 10.6. The normalized spacial score (nSPS) is 28.7. The van der Waals surface area contributed by atoms with Crippen LogP contribution in [0.1, 0.15) is 20.8 Å². The van der Waals surface area contributed by atoms with Gasteiger partial charge in [0.1, 0.15) is 0 Å². The van der Waals surface area contributed by atoms with Gasteiger partial charge in [0.15, 0.2) is 0 Å². The lowest BCUT2D eigenvalue weighted by Gasteiger charge is -2.37. The van der Waals surface area contributed by atoms with Crippen molar-refractivity contribution in [2.45, 2.75) is 26.3 Å². The van der Waals surface area contributed by atoms with E-state index in [0.717, 1.165) is 32.2 Å². The van der Waals surface area contributed by atoms with Gasteiger partial charge in [0, 0.05) is 32.3 Å². The first-order valence-corrected chi connectivity index (χ1v) is 5.51. The van der Waals surface area contributed by atoms with Gasteiger partial charge in [-0.3, -0.25) is 4.90 Å². The summed E-state index contributed by atoms with van der Waals surface area (Å²) in [6.45, 7) is 12.1. The minimum Gasteiger partial charge on any atom is -0.383 e. The van der Waals surface area contributed by atoms with Crippen LogP contribution in [-0.2, 0) is 4.74 Å². The molecule has 0 amide bonds. The summed E-state index contributed by atoms with van der Waals surface area (Å²) in [6.07, 6.45) is 0. The molecule has 0 spiro atoms. The average Bonchev–Trinajstić information content (AvgIpc) is 2.22. The molecule has 1 rings (SSSR count). The highest BCUT2D eigenvalue weighted by Crippen LogP contribution is 2.17. The van der Waals surface area contributed by atoms with Gasteiger partial charge < -0.3 is 10.1 Å². The van der Waals surface area contributed by atoms with Gasteiger partial charge in [-0.2, -0.15) is 0 Å². The molecule has 0 bridgehead atoms. The fraction of sp³-hybridized carbons (Fsp3) is 1.00. The van der Waals surface area contributed by atoms with Gasteiger partial charge in [-0.15, -0.1) is 0 Å². The second-order valence-electron chi connectivity index (χ2n) is 4.99. The highest BCUT2D eigenvalue weighted by Gasteiger charge is 2.29. The van der Waals surface area contributed by atoms with E-state index >= 15 is 0 Å². The molecular weight excluding hydrogens is 176 g/mol. The maximum atomic E-state index is 5.15. The summed E-state index contributed by atoms with van der Waals surface area (Å²) >= 11 is 0. The van der Waals surface area contributed by atoms with Crippen LogP contribution in [0.25, 0.3) is 0 Å². The van der Waals surface area contributed by atoms with Crippen LogP contribution in [0.2, 0.25) is 0 Å². The van der Waals surface area contributed by atoms with Gasteiger partial charge in [0.05, 0.1) is 6.61 Å². The molecule has 14 heavy (non-hydrogen) atoms. The van der Waals surface area contributed by atoms with Gasteiger partial charge in [-0.05, 0) is 26.3 Å². The predicted octanol–water partition coefficient (Wildman–Crippen LogP) is 0.953. The van der Waals surface area contributed by atoms with Crippen LogP contribution < -0.4 is 5.32 Å². The molecule has 3 heteroatoms. The predicted molar refractivity (Wildman–Crippen MR) is 59.6 cm³/mol. The Balaban J connectivity index is 2.54. The SMILES string of the molecule is COCCN1CC(C)CNCC1(C)C. The van der Waals surface area contributed by atoms with Crippen molar-refractivity contribution in [3.8, 4) is 0 Å². The minimum absolute atomic E-state index is 0.253. The van der Waals surface area contributed by atoms with Crippen molar-refractivity contribution >= 4 is 0 Å². The maximum absolute atomic E-state index is 5.15. The summed E-state index contributed by atoms with van der Waals surface area (Å²) < 4.78 is 5.15. The zero-order valence-corrected chi connectivity index (χ0v) is 9.97. The molecule has 1 atom stereocenters. The zero-order valence-electron chi connectivity index (χ0n) is 9.97. The largest absolute Gasteiger partial charge is 0.383 e. The molecule has 1 saturated heterocycles. The molecule has 1 aliphatic heterocycles. The molecule has 0 aromatic rings. The average molecular weight is 200 g/mol. The Bertz CT molecular complexity index is 171. The van der Waals surface area contributed by atoms with E-state index in [0.29, 0.717) is 0 Å². The second-order valence-corrected chi connectivity index (χ2v) is 4.99. The number of rotatable bonds is 3. The van der Waals surface area contributed by atoms with Gasteiger partial charge in [0.2, 0.25) is 0 Å². The Kier molecular flexibility index (Phi) is 4.35. The third-order valence-corrected chi connectivity index (χ3v) is 3.00. The van der Waals surface area contributed by atoms with Crippen molar-refractivity contribution < 1.29 is 4.74 Å². The van der Waals surface area contributed by atoms with E-state index in [1.807, 2.05) is 0 Å². The van der Waals surface area contributed by atoms with E-state index in [4.69, 9.17) is 4.74 Å². The van der Waals surface area contributed by atoms with Crippen LogP contribution in [0.15, 0.2) is 0 Å². The van der Waals surface area contributed by atoms with Crippen LogP contribution in [0, 0.1) is 5.92 Å². The molecule has 0 aliphatic carbocycles. The monoisotopic (exact) mass is 200 g/mol. The molecule has 0 saturated carbocycles. The second kappa shape index (κ2) is 5.10. The van der Waals surface area contributed by atoms with E-state index < -0.39 is 0 Å². The quantitative estimate of drug-likeness (QED) is 0.734. The van der Waals surface area contributed by atoms with Gasteiger partial charge in [-0.25, -0.2) is 0 Å². The third kappa shape index (κ3) is 3.23. The molecule has 1 unspecified atom stereocenters. The number of methoxy groups -OCH3 is 1. The van der Waals surface area contributed by atoms with Gasteiger partial charge in [-0.1, -0.05) is 6.92 Å². The smallest absolute Gasteiger partial charge is 0.0589 e. The van der Waals surface area contributed by atoms with Crippen LogP contribution >= 0.6 is 0 Å². The first-order chi connectivity index (χ1) is 6.56. The molecule has 3 nitrogen and oxygen atoms in total. The van der Waals surface area contributed by atoms with E-state index in [9.17, 15) is 0 Å². The van der Waals surface area contributed by atoms with Crippen LogP contribution in [0.4, 0.5) is 0 Å². The molecular formula is C11H24N2O. The van der Waals surface area contributed by atoms with Crippen LogP contribution in [-0.4, -0.2) is 50.3 Å². The Morgan fingerprint density at radius 3 is 2.86 bits per heavy atom. The van der Waals surface area contributed by atoms with Crippen LogP contribution in [0.3, 0.4) is 0 Å². The molecule has 1 fully saturated rings. The fourth-order valence-corrected chi connectivity index (χ4v) is 2.02. The number of hydrogen-bond donors (Lipinski definition) is 1. The van der Waals surface area contributed by atoms with Crippen molar-refractivity contribution in [3.63, 3.8) is 0 Å². The Labute approximate surface area is 87.8 Å². The van der Waals surface area contributed by atoms with Crippen molar-refractivity contribution in [1.29, 1.82) is 0 Å². The van der Waals surface area contributed by atoms with E-state index in [1.54, 1.807) is 7.11 Å². The van der Waals surface area contributed by atoms with Crippen molar-refractivity contribution in [1.82, 2.24) is 10.2 Å². The summed E-state index contributed by atoms with van der Waals surface area (Å²) in [7, 11) is 1.77. The maximum Gasteiger partial charge on any atom is 0.0589 e. The standard InChI is InChI=1S/C11H24N2O/c1-10-7-12-9-11(2,3)13(8-10)5-6-14-4/h10,12H,5-9H2,1-4H3. The Morgan fingerprint density at radius 1 is 1.50 bits per heavy atom. The van der Waals surface area contributed by atoms with Crippen molar-refractivity contribution in [2.24, 2.45) is 5.92 Å². The molecule has 1 aliphatic rings. The van der Waals surface area contributed by atoms with Gasteiger partial charge >= 0.3 is 0 Å². The van der Waals surface area contributed by atoms with Gasteiger partial charge in [0.25, 0.3) is 0 Å². The summed E-state index contributed by atoms with van der Waals surface area (Å²) in [5.74, 6) is 0.730. The topological polar surface area (TPSA) is 24.5 Å². The fourth-order valence-electron chi connectivity index (χ4n) is 2.02. The first-order valence-electron chi connectivity index (χ1n) is 5.51. The summed E-state index contributed by atoms with van der Waals surface area (Å²) in [4.78, 5) is 2.53. The molecule has 1 heterocycles. The van der Waals surface area contributed by atoms with Crippen LogP contribution in [0.5, 0.6) is 0 Å². The molecule has 1 N–H and O–H groups in total. The number of nitrogens with zero attached hydrogens (tertiary/aromatic N) is 1. The highest BCUT2D eigenvalue weighted by molar-refractivity contribution is 4.88. The summed E-state index contributed by atoms with van der Waals surface area (Å²) in [5, 5.41) is 3.51. The van der Waals surface area contributed by atoms with Crippen molar-refractivity contribution in [3.05, 3.63) is 0 Å². The van der Waals surface area contributed by atoms with E-state index in [-0.39, 0.29) is 5.54 Å². The first kappa shape index (κ1) is 12.0. The van der Waals surface area contributed by atoms with E-state index in [2.05, 4.69) is 31.0 Å². The molecule has 0 aromatic heterocycles. The summed E-state index contributed by atoms with van der Waals surface area (Å²) in [6, 6.07) is 0. The number of hydrogen-bond acceptors (Lipinski definition) is 3. The number of nitrogens with one attached hydrogen (secondary N) is 1. The molecule has 0 aromatic carbocycles. The molecule has 84 valence electrons. The summed E-state index contributed by atoms with van der Waals surface area (Å²) in [5.41, 5.74) is 0.253. The molecule has 0 radical (unpaired) electrons.